The summed E-state index contributed by atoms with van der Waals surface area (Å²) in [7, 11) is 0. The third kappa shape index (κ3) is 11.8. The van der Waals surface area contributed by atoms with E-state index in [-0.39, 0.29) is 5.97 Å². The molecule has 0 bridgehead atoms. The number of esters is 1. The smallest absolute Gasteiger partial charge is 0.414 e. The number of carbonyl (C=O) groups is 3. The van der Waals surface area contributed by atoms with E-state index in [9.17, 15) is 4.79 Å². The first-order chi connectivity index (χ1) is 14.7. The lowest BCUT2D eigenvalue weighted by Crippen LogP contribution is -2.34. The van der Waals surface area contributed by atoms with Gasteiger partial charge in [0.2, 0.25) is 0 Å². The first-order valence-electron chi connectivity index (χ1n) is 10.2. The predicted octanol–water partition coefficient (Wildman–Crippen LogP) is 1.39. The van der Waals surface area contributed by atoms with Crippen LogP contribution in [-0.4, -0.2) is 78.5 Å². The fourth-order valence-electron chi connectivity index (χ4n) is 2.48. The van der Waals surface area contributed by atoms with Gasteiger partial charge in [0.1, 0.15) is 12.6 Å². The SMILES string of the molecule is CCOC(=O)[C@@H](N)Cc1ccc(OCCN(CC)CC)c(OCC)c1.O=C(O)C(=O)O. The molecule has 0 radical (unpaired) electrons. The van der Waals surface area contributed by atoms with Crippen LogP contribution in [-0.2, 0) is 25.5 Å². The molecule has 0 heterocycles. The molecule has 31 heavy (non-hydrogen) atoms. The maximum absolute atomic E-state index is 11.7. The van der Waals surface area contributed by atoms with Gasteiger partial charge in [-0.1, -0.05) is 19.9 Å². The summed E-state index contributed by atoms with van der Waals surface area (Å²) in [6.07, 6.45) is 0.401. The number of hydrogen-bond acceptors (Lipinski definition) is 8. The molecule has 1 rings (SSSR count). The molecule has 176 valence electrons. The maximum atomic E-state index is 11.7. The van der Waals surface area contributed by atoms with Gasteiger partial charge in [-0.05, 0) is 51.1 Å². The van der Waals surface area contributed by atoms with Crippen molar-refractivity contribution in [3.8, 4) is 11.5 Å². The molecule has 0 aliphatic rings. The molecule has 0 aliphatic carbocycles. The van der Waals surface area contributed by atoms with Crippen molar-refractivity contribution in [2.45, 2.75) is 40.2 Å². The van der Waals surface area contributed by atoms with Gasteiger partial charge in [0.15, 0.2) is 11.5 Å². The second-order valence-corrected chi connectivity index (χ2v) is 6.26. The van der Waals surface area contributed by atoms with Gasteiger partial charge in [0.05, 0.1) is 13.2 Å². The molecule has 0 saturated carbocycles. The van der Waals surface area contributed by atoms with Crippen molar-refractivity contribution in [3.63, 3.8) is 0 Å². The zero-order valence-corrected chi connectivity index (χ0v) is 18.6. The lowest BCUT2D eigenvalue weighted by atomic mass is 10.1. The number of likely N-dealkylation sites (N-methyl/N-ethyl adjacent to an activating group) is 1. The van der Waals surface area contributed by atoms with Crippen LogP contribution in [0.5, 0.6) is 11.5 Å². The van der Waals surface area contributed by atoms with E-state index in [0.717, 1.165) is 25.2 Å². The molecule has 0 aliphatic heterocycles. The van der Waals surface area contributed by atoms with Crippen molar-refractivity contribution in [3.05, 3.63) is 23.8 Å². The number of aliphatic carboxylic acids is 2. The Morgan fingerprint density at radius 2 is 1.58 bits per heavy atom. The van der Waals surface area contributed by atoms with Crippen molar-refractivity contribution < 1.29 is 38.8 Å². The highest BCUT2D eigenvalue weighted by Gasteiger charge is 2.16. The molecule has 0 saturated heterocycles. The summed E-state index contributed by atoms with van der Waals surface area (Å²) < 4.78 is 16.5. The van der Waals surface area contributed by atoms with Crippen LogP contribution in [0.25, 0.3) is 0 Å². The Morgan fingerprint density at radius 1 is 0.968 bits per heavy atom. The van der Waals surface area contributed by atoms with Crippen LogP contribution >= 0.6 is 0 Å². The molecule has 4 N–H and O–H groups in total. The van der Waals surface area contributed by atoms with Crippen LogP contribution in [0.15, 0.2) is 18.2 Å². The second-order valence-electron chi connectivity index (χ2n) is 6.26. The highest BCUT2D eigenvalue weighted by molar-refractivity contribution is 6.27. The Kier molecular flexibility index (Phi) is 14.5. The predicted molar refractivity (Wildman–Crippen MR) is 114 cm³/mol. The van der Waals surface area contributed by atoms with E-state index in [4.69, 9.17) is 39.7 Å². The Labute approximate surface area is 182 Å². The summed E-state index contributed by atoms with van der Waals surface area (Å²) in [5.74, 6) is -2.65. The number of nitrogens with zero attached hydrogens (tertiary/aromatic N) is 1. The molecule has 1 aromatic carbocycles. The molecule has 0 spiro atoms. The zero-order chi connectivity index (χ0) is 23.8. The average molecular weight is 443 g/mol. The number of carboxylic acids is 2. The molecule has 1 aromatic rings. The van der Waals surface area contributed by atoms with Gasteiger partial charge >= 0.3 is 17.9 Å². The van der Waals surface area contributed by atoms with Gasteiger partial charge in [0.25, 0.3) is 0 Å². The first kappa shape index (κ1) is 28.1. The summed E-state index contributed by atoms with van der Waals surface area (Å²) >= 11 is 0. The number of benzene rings is 1. The normalized spacial score (nSPS) is 11.2. The van der Waals surface area contributed by atoms with E-state index in [1.165, 1.54) is 0 Å². The molecule has 10 nitrogen and oxygen atoms in total. The molecule has 0 unspecified atom stereocenters. The number of carboxylic acid groups (broad SMARTS) is 2. The number of rotatable bonds is 12. The van der Waals surface area contributed by atoms with E-state index < -0.39 is 18.0 Å². The topological polar surface area (TPSA) is 149 Å². The van der Waals surface area contributed by atoms with Gasteiger partial charge in [-0.2, -0.15) is 0 Å². The minimum absolute atomic E-state index is 0.329. The Bertz CT molecular complexity index is 680. The Morgan fingerprint density at radius 3 is 2.06 bits per heavy atom. The molecule has 10 heteroatoms. The summed E-state index contributed by atoms with van der Waals surface area (Å²) in [5, 5.41) is 14.8. The van der Waals surface area contributed by atoms with Crippen LogP contribution in [0.1, 0.15) is 33.3 Å². The fourth-order valence-corrected chi connectivity index (χ4v) is 2.48. The van der Waals surface area contributed by atoms with E-state index in [1.807, 2.05) is 25.1 Å². The summed E-state index contributed by atoms with van der Waals surface area (Å²) in [6.45, 7) is 12.3. The summed E-state index contributed by atoms with van der Waals surface area (Å²) in [5.41, 5.74) is 6.81. The van der Waals surface area contributed by atoms with Crippen molar-refractivity contribution in [1.29, 1.82) is 0 Å². The van der Waals surface area contributed by atoms with Gasteiger partial charge in [-0.3, -0.25) is 4.79 Å². The van der Waals surface area contributed by atoms with Crippen LogP contribution in [0.3, 0.4) is 0 Å². The van der Waals surface area contributed by atoms with Crippen LogP contribution in [0.4, 0.5) is 0 Å². The third-order valence-electron chi connectivity index (χ3n) is 4.10. The fraction of sp³-hybridized carbons (Fsp3) is 0.571. The number of hydrogen-bond donors (Lipinski definition) is 3. The zero-order valence-electron chi connectivity index (χ0n) is 18.6. The van der Waals surface area contributed by atoms with E-state index in [2.05, 4.69) is 18.7 Å². The minimum Gasteiger partial charge on any atom is -0.490 e. The van der Waals surface area contributed by atoms with Gasteiger partial charge in [-0.15, -0.1) is 0 Å². The van der Waals surface area contributed by atoms with Gasteiger partial charge in [0, 0.05) is 6.54 Å². The highest BCUT2D eigenvalue weighted by atomic mass is 16.5. The van der Waals surface area contributed by atoms with Crippen molar-refractivity contribution in [2.24, 2.45) is 5.73 Å². The average Bonchev–Trinajstić information content (AvgIpc) is 2.73. The maximum Gasteiger partial charge on any atom is 0.414 e. The molecule has 1 atom stereocenters. The van der Waals surface area contributed by atoms with Gasteiger partial charge < -0.3 is 35.1 Å². The van der Waals surface area contributed by atoms with Crippen molar-refractivity contribution in [1.82, 2.24) is 4.90 Å². The molecule has 0 aromatic heterocycles. The molecule has 0 amide bonds. The van der Waals surface area contributed by atoms with E-state index in [0.29, 0.717) is 37.7 Å². The van der Waals surface area contributed by atoms with Crippen LogP contribution in [0.2, 0.25) is 0 Å². The number of ether oxygens (including phenoxy) is 3. The second kappa shape index (κ2) is 15.9. The first-order valence-corrected chi connectivity index (χ1v) is 10.2. The number of nitrogens with two attached hydrogens (primary N) is 1. The summed E-state index contributed by atoms with van der Waals surface area (Å²) in [6, 6.07) is 4.99. The standard InChI is InChI=1S/C19H32N2O4.C2H2O4/c1-5-21(6-2)11-12-25-17-10-9-15(14-18(17)23-7-3)13-16(20)19(22)24-8-4;3-1(4)2(5)6/h9-10,14,16H,5-8,11-13,20H2,1-4H3;(H,3,4)(H,5,6)/t16-;/m0./s1. The molecular weight excluding hydrogens is 408 g/mol. The van der Waals surface area contributed by atoms with Crippen LogP contribution < -0.4 is 15.2 Å². The van der Waals surface area contributed by atoms with Crippen LogP contribution in [0, 0.1) is 0 Å². The Balaban J connectivity index is 0.00000131. The quantitative estimate of drug-likeness (QED) is 0.320. The largest absolute Gasteiger partial charge is 0.490 e. The lowest BCUT2D eigenvalue weighted by Gasteiger charge is -2.19. The molecule has 0 fully saturated rings. The van der Waals surface area contributed by atoms with E-state index in [1.54, 1.807) is 6.92 Å². The van der Waals surface area contributed by atoms with E-state index >= 15 is 0 Å². The van der Waals surface area contributed by atoms with Crippen molar-refractivity contribution >= 4 is 17.9 Å². The third-order valence-corrected chi connectivity index (χ3v) is 4.10. The molecular formula is C21H34N2O8. The monoisotopic (exact) mass is 442 g/mol. The van der Waals surface area contributed by atoms with Crippen molar-refractivity contribution in [2.75, 3.05) is 39.5 Å². The highest BCUT2D eigenvalue weighted by Crippen LogP contribution is 2.29. The van der Waals surface area contributed by atoms with Gasteiger partial charge in [-0.25, -0.2) is 9.59 Å². The Hall–Kier alpha value is -2.85. The minimum atomic E-state index is -1.82. The lowest BCUT2D eigenvalue weighted by molar-refractivity contribution is -0.159. The summed E-state index contributed by atoms with van der Waals surface area (Å²) in [4.78, 5) is 32.2. The number of carbonyl (C=O) groups excluding carboxylic acids is 1.